The van der Waals surface area contributed by atoms with Crippen LogP contribution in [0.4, 0.5) is 0 Å². The predicted octanol–water partition coefficient (Wildman–Crippen LogP) is 3.05. The maximum atomic E-state index is 12.6. The van der Waals surface area contributed by atoms with E-state index in [2.05, 4.69) is 27.7 Å². The summed E-state index contributed by atoms with van der Waals surface area (Å²) in [6.45, 7) is 8.58. The predicted molar refractivity (Wildman–Crippen MR) is 151 cm³/mol. The molecule has 1 aromatic carbocycles. The Hall–Kier alpha value is -2.37. The highest BCUT2D eigenvalue weighted by atomic mass is 16.5. The SMILES string of the molecule is CCCCC(CC)COC(=O)c1ccccc1C(=O)OCC(CC)CCCC.O=C[C@@H](O)[C@@H](O)[C@H](O)[C@H](O)CO. The summed E-state index contributed by atoms with van der Waals surface area (Å²) >= 11 is 0. The molecule has 10 nitrogen and oxygen atoms in total. The van der Waals surface area contributed by atoms with Crippen molar-refractivity contribution in [3.8, 4) is 0 Å². The van der Waals surface area contributed by atoms with E-state index in [9.17, 15) is 14.4 Å². The summed E-state index contributed by atoms with van der Waals surface area (Å²) in [6.07, 6.45) is 1.77. The van der Waals surface area contributed by atoms with Crippen molar-refractivity contribution in [2.75, 3.05) is 19.8 Å². The first-order valence-electron chi connectivity index (χ1n) is 14.3. The topological polar surface area (TPSA) is 171 Å². The fraction of sp³-hybridized carbons (Fsp3) is 0.700. The summed E-state index contributed by atoms with van der Waals surface area (Å²) in [5.41, 5.74) is 0.582. The molecule has 230 valence electrons. The third-order valence-corrected chi connectivity index (χ3v) is 6.77. The third kappa shape index (κ3) is 14.3. The van der Waals surface area contributed by atoms with Gasteiger partial charge in [0.15, 0.2) is 6.29 Å². The summed E-state index contributed by atoms with van der Waals surface area (Å²) in [5.74, 6) is -0.153. The van der Waals surface area contributed by atoms with Crippen molar-refractivity contribution < 1.29 is 49.4 Å². The Balaban J connectivity index is 0.00000106. The lowest BCUT2D eigenvalue weighted by atomic mass is 10.0. The van der Waals surface area contributed by atoms with Crippen LogP contribution in [0.2, 0.25) is 0 Å². The van der Waals surface area contributed by atoms with E-state index < -0.39 is 43.0 Å². The second kappa shape index (κ2) is 22.3. The van der Waals surface area contributed by atoms with Crippen molar-refractivity contribution in [2.45, 2.75) is 103 Å². The lowest BCUT2D eigenvalue weighted by Crippen LogP contribution is -2.46. The van der Waals surface area contributed by atoms with E-state index in [-0.39, 0.29) is 6.29 Å². The van der Waals surface area contributed by atoms with Crippen molar-refractivity contribution in [3.05, 3.63) is 35.4 Å². The highest BCUT2D eigenvalue weighted by Gasteiger charge is 2.29. The van der Waals surface area contributed by atoms with Gasteiger partial charge in [0.2, 0.25) is 0 Å². The third-order valence-electron chi connectivity index (χ3n) is 6.77. The number of hydrogen-bond acceptors (Lipinski definition) is 10. The number of ether oxygens (including phenoxy) is 2. The monoisotopic (exact) mass is 570 g/mol. The Morgan fingerprint density at radius 2 is 1.20 bits per heavy atom. The molecule has 1 aromatic rings. The molecule has 40 heavy (non-hydrogen) atoms. The van der Waals surface area contributed by atoms with Crippen LogP contribution in [0.25, 0.3) is 0 Å². The summed E-state index contributed by atoms with van der Waals surface area (Å²) < 4.78 is 11.0. The molecule has 1 rings (SSSR count). The first-order valence-corrected chi connectivity index (χ1v) is 14.3. The number of benzene rings is 1. The van der Waals surface area contributed by atoms with Gasteiger partial charge in [0.1, 0.15) is 24.4 Å². The largest absolute Gasteiger partial charge is 0.462 e. The molecule has 6 atom stereocenters. The molecule has 5 N–H and O–H groups in total. The number of aliphatic hydroxyl groups excluding tert-OH is 5. The number of esters is 2. The first-order chi connectivity index (χ1) is 19.1. The zero-order valence-corrected chi connectivity index (χ0v) is 24.4. The molecule has 0 saturated carbocycles. The van der Waals surface area contributed by atoms with E-state index in [4.69, 9.17) is 35.0 Å². The summed E-state index contributed by atoms with van der Waals surface area (Å²) in [5, 5.41) is 43.5. The molecular weight excluding hydrogens is 520 g/mol. The molecule has 0 aromatic heterocycles. The fourth-order valence-corrected chi connectivity index (χ4v) is 3.80. The van der Waals surface area contributed by atoms with Crippen LogP contribution in [0.15, 0.2) is 24.3 Å². The molecule has 0 bridgehead atoms. The molecule has 10 heteroatoms. The molecule has 0 saturated heterocycles. The van der Waals surface area contributed by atoms with Crippen molar-refractivity contribution in [2.24, 2.45) is 11.8 Å². The van der Waals surface area contributed by atoms with E-state index >= 15 is 0 Å². The normalized spacial score (nSPS) is 15.4. The van der Waals surface area contributed by atoms with Crippen molar-refractivity contribution in [1.29, 1.82) is 0 Å². The number of carbonyl (C=O) groups excluding carboxylic acids is 3. The summed E-state index contributed by atoms with van der Waals surface area (Å²) in [7, 11) is 0. The molecule has 0 radical (unpaired) electrons. The Morgan fingerprint density at radius 3 is 1.52 bits per heavy atom. The van der Waals surface area contributed by atoms with Gasteiger partial charge < -0.3 is 39.8 Å². The summed E-state index contributed by atoms with van der Waals surface area (Å²) in [6, 6.07) is 6.77. The summed E-state index contributed by atoms with van der Waals surface area (Å²) in [4.78, 5) is 35.0. The second-order valence-electron chi connectivity index (χ2n) is 9.93. The van der Waals surface area contributed by atoms with Gasteiger partial charge in [-0.05, 0) is 36.8 Å². The standard InChI is InChI=1S/C24H38O4.C6H12O6/c1-5-9-13-19(7-3)17-27-23(25)21-15-11-12-16-22(21)24(26)28-18-20(8-4)14-10-6-2;7-1-3(9)5(11)6(12)4(10)2-8/h11-12,15-16,19-20H,5-10,13-14,17-18H2,1-4H3;1,3-6,8-12H,2H2/t;3-,4-,5-,6-/m.1/s1. The Bertz CT molecular complexity index is 779. The quantitative estimate of drug-likeness (QED) is 0.123. The molecule has 0 aliphatic carbocycles. The van der Waals surface area contributed by atoms with E-state index in [0.29, 0.717) is 36.2 Å². The molecule has 2 unspecified atom stereocenters. The van der Waals surface area contributed by atoms with Gasteiger partial charge in [0.25, 0.3) is 0 Å². The van der Waals surface area contributed by atoms with Crippen LogP contribution in [0.5, 0.6) is 0 Å². The van der Waals surface area contributed by atoms with Gasteiger partial charge in [-0.1, -0.05) is 78.4 Å². The highest BCUT2D eigenvalue weighted by Crippen LogP contribution is 2.18. The molecular formula is C30H50O10. The van der Waals surface area contributed by atoms with Crippen LogP contribution in [0.3, 0.4) is 0 Å². The number of unbranched alkanes of at least 4 members (excludes halogenated alkanes) is 2. The van der Waals surface area contributed by atoms with Crippen LogP contribution in [0, 0.1) is 11.8 Å². The molecule has 0 fully saturated rings. The molecule has 0 aliphatic rings. The van der Waals surface area contributed by atoms with E-state index in [1.54, 1.807) is 24.3 Å². The smallest absolute Gasteiger partial charge is 0.339 e. The van der Waals surface area contributed by atoms with Gasteiger partial charge in [0.05, 0.1) is 30.9 Å². The Kier molecular flexibility index (Phi) is 21.0. The van der Waals surface area contributed by atoms with Crippen LogP contribution >= 0.6 is 0 Å². The second-order valence-corrected chi connectivity index (χ2v) is 9.93. The van der Waals surface area contributed by atoms with Gasteiger partial charge in [-0.3, -0.25) is 0 Å². The van der Waals surface area contributed by atoms with Gasteiger partial charge in [-0.15, -0.1) is 0 Å². The number of hydrogen-bond donors (Lipinski definition) is 5. The molecule has 0 spiro atoms. The van der Waals surface area contributed by atoms with Gasteiger partial charge in [0, 0.05) is 0 Å². The van der Waals surface area contributed by atoms with Crippen LogP contribution in [-0.4, -0.2) is 88.0 Å². The minimum atomic E-state index is -1.79. The molecule has 0 aliphatic heterocycles. The van der Waals surface area contributed by atoms with Gasteiger partial charge >= 0.3 is 11.9 Å². The zero-order chi connectivity index (χ0) is 30.5. The van der Waals surface area contributed by atoms with Crippen LogP contribution < -0.4 is 0 Å². The average molecular weight is 571 g/mol. The fourth-order valence-electron chi connectivity index (χ4n) is 3.80. The van der Waals surface area contributed by atoms with Gasteiger partial charge in [-0.2, -0.15) is 0 Å². The number of aldehydes is 1. The first kappa shape index (κ1) is 37.6. The zero-order valence-electron chi connectivity index (χ0n) is 24.4. The van der Waals surface area contributed by atoms with E-state index in [0.717, 1.165) is 51.4 Å². The maximum absolute atomic E-state index is 12.6. The highest BCUT2D eigenvalue weighted by molar-refractivity contribution is 6.03. The maximum Gasteiger partial charge on any atom is 0.339 e. The Labute approximate surface area is 238 Å². The van der Waals surface area contributed by atoms with Crippen LogP contribution in [0.1, 0.15) is 99.8 Å². The van der Waals surface area contributed by atoms with Crippen molar-refractivity contribution in [3.63, 3.8) is 0 Å². The number of carbonyl (C=O) groups is 3. The number of rotatable bonds is 19. The molecule has 0 heterocycles. The lowest BCUT2D eigenvalue weighted by Gasteiger charge is -2.22. The van der Waals surface area contributed by atoms with Crippen molar-refractivity contribution in [1.82, 2.24) is 0 Å². The average Bonchev–Trinajstić information content (AvgIpc) is 2.99. The van der Waals surface area contributed by atoms with Crippen LogP contribution in [-0.2, 0) is 14.3 Å². The van der Waals surface area contributed by atoms with E-state index in [1.165, 1.54) is 0 Å². The number of aliphatic hydroxyl groups is 5. The molecule has 0 amide bonds. The Morgan fingerprint density at radius 1 is 0.775 bits per heavy atom. The van der Waals surface area contributed by atoms with Gasteiger partial charge in [-0.25, -0.2) is 9.59 Å². The minimum absolute atomic E-state index is 0.0258. The van der Waals surface area contributed by atoms with E-state index in [1.807, 2.05) is 0 Å². The lowest BCUT2D eigenvalue weighted by molar-refractivity contribution is -0.136. The minimum Gasteiger partial charge on any atom is -0.462 e. The van der Waals surface area contributed by atoms with Crippen molar-refractivity contribution >= 4 is 18.2 Å².